The van der Waals surface area contributed by atoms with Gasteiger partial charge in [-0.25, -0.2) is 0 Å². The van der Waals surface area contributed by atoms with Crippen LogP contribution in [0.25, 0.3) is 0 Å². The van der Waals surface area contributed by atoms with Crippen LogP contribution in [0.4, 0.5) is 0 Å². The van der Waals surface area contributed by atoms with Gasteiger partial charge in [0.25, 0.3) is 0 Å². The van der Waals surface area contributed by atoms with Gasteiger partial charge in [-0.1, -0.05) is 59.2 Å². The molecular formula is C15H11ClN2O3. The lowest BCUT2D eigenvalue weighted by atomic mass is 9.95. The zero-order chi connectivity index (χ0) is 14.8. The Morgan fingerprint density at radius 1 is 1.10 bits per heavy atom. The quantitative estimate of drug-likeness (QED) is 0.644. The molecule has 106 valence electrons. The Balaban J connectivity index is 1.95. The Hall–Kier alpha value is -2.40. The van der Waals surface area contributed by atoms with Gasteiger partial charge in [0.15, 0.2) is 5.71 Å². The lowest BCUT2D eigenvalue weighted by Crippen LogP contribution is -2.32. The van der Waals surface area contributed by atoms with Crippen molar-refractivity contribution in [2.75, 3.05) is 0 Å². The van der Waals surface area contributed by atoms with Crippen LogP contribution in [-0.2, 0) is 4.84 Å². The maximum Gasteiger partial charge on any atom is 0.301 e. The predicted molar refractivity (Wildman–Crippen MR) is 79.0 cm³/mol. The molecule has 0 amide bonds. The van der Waals surface area contributed by atoms with Crippen LogP contribution in [0.2, 0.25) is 5.02 Å². The molecule has 1 aliphatic rings. The molecular weight excluding hydrogens is 292 g/mol. The van der Waals surface area contributed by atoms with Crippen molar-refractivity contribution in [1.82, 2.24) is 0 Å². The molecule has 1 aliphatic heterocycles. The van der Waals surface area contributed by atoms with Crippen molar-refractivity contribution in [1.29, 1.82) is 0 Å². The van der Waals surface area contributed by atoms with Crippen LogP contribution in [0.5, 0.6) is 0 Å². The van der Waals surface area contributed by atoms with E-state index in [0.29, 0.717) is 21.9 Å². The Kier molecular flexibility index (Phi) is 3.58. The van der Waals surface area contributed by atoms with Crippen LogP contribution in [0.3, 0.4) is 0 Å². The third-order valence-corrected chi connectivity index (χ3v) is 3.58. The number of oxime groups is 1. The maximum absolute atomic E-state index is 11.5. The van der Waals surface area contributed by atoms with Crippen LogP contribution >= 0.6 is 11.6 Å². The van der Waals surface area contributed by atoms with E-state index in [0.717, 1.165) is 0 Å². The highest BCUT2D eigenvalue weighted by Gasteiger charge is 2.45. The molecule has 0 radical (unpaired) electrons. The average Bonchev–Trinajstić information content (AvgIpc) is 2.94. The first kappa shape index (κ1) is 13.6. The Labute approximate surface area is 125 Å². The molecule has 2 unspecified atom stereocenters. The monoisotopic (exact) mass is 302 g/mol. The summed E-state index contributed by atoms with van der Waals surface area (Å²) in [6.45, 7) is 0. The first-order valence-corrected chi connectivity index (χ1v) is 6.72. The summed E-state index contributed by atoms with van der Waals surface area (Å²) in [4.78, 5) is 16.4. The van der Waals surface area contributed by atoms with Crippen molar-refractivity contribution in [3.05, 3.63) is 80.9 Å². The van der Waals surface area contributed by atoms with E-state index in [2.05, 4.69) is 5.16 Å². The van der Waals surface area contributed by atoms with Crippen LogP contribution in [0, 0.1) is 10.1 Å². The molecule has 2 aromatic rings. The van der Waals surface area contributed by atoms with Crippen molar-refractivity contribution in [3.8, 4) is 0 Å². The minimum atomic E-state index is -1.03. The molecule has 0 saturated heterocycles. The summed E-state index contributed by atoms with van der Waals surface area (Å²) in [7, 11) is 0. The summed E-state index contributed by atoms with van der Waals surface area (Å²) in [5.41, 5.74) is 1.70. The topological polar surface area (TPSA) is 64.7 Å². The molecule has 21 heavy (non-hydrogen) atoms. The average molecular weight is 303 g/mol. The highest BCUT2D eigenvalue weighted by Crippen LogP contribution is 2.32. The Morgan fingerprint density at radius 3 is 2.38 bits per heavy atom. The van der Waals surface area contributed by atoms with Crippen LogP contribution in [0.1, 0.15) is 17.2 Å². The fourth-order valence-electron chi connectivity index (χ4n) is 2.31. The molecule has 3 rings (SSSR count). The Morgan fingerprint density at radius 2 is 1.76 bits per heavy atom. The fourth-order valence-corrected chi connectivity index (χ4v) is 2.43. The first-order chi connectivity index (χ1) is 10.2. The van der Waals surface area contributed by atoms with Crippen molar-refractivity contribution in [2.24, 2.45) is 5.16 Å². The van der Waals surface area contributed by atoms with Gasteiger partial charge in [-0.3, -0.25) is 10.1 Å². The van der Waals surface area contributed by atoms with Gasteiger partial charge < -0.3 is 4.84 Å². The minimum Gasteiger partial charge on any atom is -0.379 e. The van der Waals surface area contributed by atoms with Gasteiger partial charge in [0.2, 0.25) is 6.10 Å². The van der Waals surface area contributed by atoms with E-state index in [9.17, 15) is 10.1 Å². The number of nitro groups is 1. The van der Waals surface area contributed by atoms with E-state index in [1.54, 1.807) is 36.4 Å². The summed E-state index contributed by atoms with van der Waals surface area (Å²) < 4.78 is 0. The highest BCUT2D eigenvalue weighted by atomic mass is 35.5. The third-order valence-electron chi connectivity index (χ3n) is 3.33. The van der Waals surface area contributed by atoms with Gasteiger partial charge in [0, 0.05) is 21.1 Å². The van der Waals surface area contributed by atoms with Crippen LogP contribution in [-0.4, -0.2) is 16.7 Å². The number of hydrogen-bond donors (Lipinski definition) is 0. The molecule has 0 aliphatic carbocycles. The lowest BCUT2D eigenvalue weighted by molar-refractivity contribution is -0.512. The summed E-state index contributed by atoms with van der Waals surface area (Å²) in [5, 5.41) is 16.0. The number of nitrogens with zero attached hydrogens (tertiary/aromatic N) is 2. The number of halogens is 1. The molecule has 0 saturated carbocycles. The highest BCUT2D eigenvalue weighted by molar-refractivity contribution is 6.30. The van der Waals surface area contributed by atoms with Gasteiger partial charge in [-0.05, 0) is 12.1 Å². The number of hydrogen-bond acceptors (Lipinski definition) is 4. The second-order valence-electron chi connectivity index (χ2n) is 4.65. The largest absolute Gasteiger partial charge is 0.379 e. The molecule has 0 bridgehead atoms. The first-order valence-electron chi connectivity index (χ1n) is 6.35. The Bertz CT molecular complexity index is 686. The maximum atomic E-state index is 11.5. The standard InChI is InChI=1S/C15H11ClN2O3/c16-12-8-6-11(7-9-12)15-14(18(19)20)13(17-21-15)10-4-2-1-3-5-10/h1-9,14-15H. The minimum absolute atomic E-state index is 0.334. The second-order valence-corrected chi connectivity index (χ2v) is 5.09. The van der Waals surface area contributed by atoms with E-state index < -0.39 is 12.1 Å². The third kappa shape index (κ3) is 2.60. The molecule has 2 atom stereocenters. The molecule has 0 N–H and O–H groups in total. The van der Waals surface area contributed by atoms with Gasteiger partial charge in [0.05, 0.1) is 0 Å². The zero-order valence-corrected chi connectivity index (χ0v) is 11.6. The van der Waals surface area contributed by atoms with Crippen molar-refractivity contribution in [3.63, 3.8) is 0 Å². The number of rotatable bonds is 3. The molecule has 0 spiro atoms. The van der Waals surface area contributed by atoms with Gasteiger partial charge in [-0.15, -0.1) is 0 Å². The van der Waals surface area contributed by atoms with Crippen molar-refractivity contribution < 1.29 is 9.76 Å². The predicted octanol–water partition coefficient (Wildman–Crippen LogP) is 3.46. The lowest BCUT2D eigenvalue weighted by Gasteiger charge is -2.12. The van der Waals surface area contributed by atoms with E-state index in [-0.39, 0.29) is 4.92 Å². The molecule has 0 fully saturated rings. The molecule has 6 heteroatoms. The van der Waals surface area contributed by atoms with Crippen LogP contribution < -0.4 is 0 Å². The number of benzene rings is 2. The molecule has 2 aromatic carbocycles. The molecule has 0 aromatic heterocycles. The van der Waals surface area contributed by atoms with Crippen molar-refractivity contribution in [2.45, 2.75) is 12.1 Å². The summed E-state index contributed by atoms with van der Waals surface area (Å²) in [5.74, 6) is 0. The molecule has 1 heterocycles. The second kappa shape index (κ2) is 5.54. The summed E-state index contributed by atoms with van der Waals surface area (Å²) in [6.07, 6.45) is -0.743. The summed E-state index contributed by atoms with van der Waals surface area (Å²) in [6, 6.07) is 14.8. The normalized spacial score (nSPS) is 20.7. The smallest absolute Gasteiger partial charge is 0.301 e. The summed E-state index contributed by atoms with van der Waals surface area (Å²) >= 11 is 5.84. The SMILES string of the molecule is O=[N+]([O-])C1C(c2ccccc2)=NOC1c1ccc(Cl)cc1. The van der Waals surface area contributed by atoms with Gasteiger partial charge >= 0.3 is 6.04 Å². The van der Waals surface area contributed by atoms with Gasteiger partial charge in [0.1, 0.15) is 0 Å². The van der Waals surface area contributed by atoms with Crippen molar-refractivity contribution >= 4 is 17.3 Å². The van der Waals surface area contributed by atoms with Gasteiger partial charge in [-0.2, -0.15) is 0 Å². The van der Waals surface area contributed by atoms with E-state index >= 15 is 0 Å². The van der Waals surface area contributed by atoms with E-state index in [4.69, 9.17) is 16.4 Å². The fraction of sp³-hybridized carbons (Fsp3) is 0.133. The van der Waals surface area contributed by atoms with E-state index in [1.165, 1.54) is 0 Å². The molecule has 5 nitrogen and oxygen atoms in total. The van der Waals surface area contributed by atoms with Crippen LogP contribution in [0.15, 0.2) is 59.8 Å². The van der Waals surface area contributed by atoms with E-state index in [1.807, 2.05) is 18.2 Å². The zero-order valence-electron chi connectivity index (χ0n) is 10.8.